The summed E-state index contributed by atoms with van der Waals surface area (Å²) in [6.45, 7) is 1.19. The Balaban J connectivity index is 3.40. The lowest BCUT2D eigenvalue weighted by atomic mass is 10.1. The average Bonchev–Trinajstić information content (AvgIpc) is 2.21. The Morgan fingerprint density at radius 2 is 1.88 bits per heavy atom. The Kier molecular flexibility index (Phi) is 3.88. The van der Waals surface area contributed by atoms with Crippen LogP contribution in [0.4, 0.5) is 8.78 Å². The first-order valence-corrected chi connectivity index (χ1v) is 4.84. The number of benzene rings is 1. The number of halogens is 4. The molecular weight excluding hydrogens is 261 g/mol. The largest absolute Gasteiger partial charge is 0.476 e. The maximum atomic E-state index is 13.1. The summed E-state index contributed by atoms with van der Waals surface area (Å²) >= 11 is 11.1. The highest BCUT2D eigenvalue weighted by molar-refractivity contribution is 6.35. The molecule has 0 unspecified atom stereocenters. The smallest absolute Gasteiger partial charge is 0.365 e. The van der Waals surface area contributed by atoms with Crippen LogP contribution in [0.2, 0.25) is 10.0 Å². The highest BCUT2D eigenvalue weighted by Crippen LogP contribution is 2.31. The molecule has 0 aliphatic rings. The first-order chi connectivity index (χ1) is 7.34. The molecule has 0 radical (unpaired) electrons. The summed E-state index contributed by atoms with van der Waals surface area (Å²) in [6.07, 6.45) is 0. The molecule has 86 valence electrons. The van der Waals surface area contributed by atoms with Gasteiger partial charge in [0.15, 0.2) is 0 Å². The van der Waals surface area contributed by atoms with Gasteiger partial charge in [-0.25, -0.2) is 9.18 Å². The number of carboxylic acids is 1. The summed E-state index contributed by atoms with van der Waals surface area (Å²) in [4.78, 5) is 10.4. The molecule has 0 aliphatic carbocycles. The van der Waals surface area contributed by atoms with Gasteiger partial charge in [0.05, 0.1) is 5.02 Å². The molecule has 1 aromatic rings. The van der Waals surface area contributed by atoms with Crippen molar-refractivity contribution in [3.63, 3.8) is 0 Å². The fourth-order valence-electron chi connectivity index (χ4n) is 1.09. The molecule has 1 rings (SSSR count). The number of hydrogen-bond donors (Lipinski definition) is 1. The molecular formula is C10H6Cl2F2O2. The highest BCUT2D eigenvalue weighted by atomic mass is 35.5. The Morgan fingerprint density at radius 3 is 2.38 bits per heavy atom. The van der Waals surface area contributed by atoms with E-state index in [4.69, 9.17) is 28.3 Å². The summed E-state index contributed by atoms with van der Waals surface area (Å²) in [7, 11) is 0. The van der Waals surface area contributed by atoms with Crippen molar-refractivity contribution >= 4 is 34.7 Å². The first-order valence-electron chi connectivity index (χ1n) is 4.09. The number of rotatable bonds is 2. The number of carboxylic acid groups (broad SMARTS) is 1. The van der Waals surface area contributed by atoms with Crippen LogP contribution in [-0.4, -0.2) is 11.1 Å². The first kappa shape index (κ1) is 12.9. The van der Waals surface area contributed by atoms with Gasteiger partial charge < -0.3 is 5.11 Å². The zero-order valence-electron chi connectivity index (χ0n) is 8.02. The minimum atomic E-state index is -1.73. The van der Waals surface area contributed by atoms with E-state index in [1.165, 1.54) is 6.92 Å². The average molecular weight is 267 g/mol. The molecule has 0 amide bonds. The molecule has 6 heteroatoms. The molecule has 16 heavy (non-hydrogen) atoms. The fourth-order valence-corrected chi connectivity index (χ4v) is 1.61. The van der Waals surface area contributed by atoms with Crippen molar-refractivity contribution < 1.29 is 18.7 Å². The highest BCUT2D eigenvalue weighted by Gasteiger charge is 2.16. The van der Waals surface area contributed by atoms with Gasteiger partial charge in [-0.1, -0.05) is 23.2 Å². The predicted molar refractivity (Wildman–Crippen MR) is 57.8 cm³/mol. The second-order valence-electron chi connectivity index (χ2n) is 2.99. The topological polar surface area (TPSA) is 37.3 Å². The van der Waals surface area contributed by atoms with Crippen LogP contribution in [0.25, 0.3) is 5.57 Å². The van der Waals surface area contributed by atoms with Gasteiger partial charge in [0.1, 0.15) is 5.82 Å². The number of carbonyl (C=O) groups is 1. The molecule has 0 bridgehead atoms. The van der Waals surface area contributed by atoms with Crippen molar-refractivity contribution in [3.05, 3.63) is 39.4 Å². The number of aliphatic carboxylic acids is 1. The van der Waals surface area contributed by atoms with Crippen molar-refractivity contribution in [3.8, 4) is 0 Å². The lowest BCUT2D eigenvalue weighted by Crippen LogP contribution is -1.98. The molecule has 0 aromatic heterocycles. The van der Waals surface area contributed by atoms with E-state index in [1.54, 1.807) is 0 Å². The lowest BCUT2D eigenvalue weighted by molar-refractivity contribution is -0.134. The van der Waals surface area contributed by atoms with Crippen molar-refractivity contribution in [2.45, 2.75) is 6.92 Å². The van der Waals surface area contributed by atoms with Crippen LogP contribution >= 0.6 is 23.2 Å². The van der Waals surface area contributed by atoms with Crippen LogP contribution in [0.3, 0.4) is 0 Å². The van der Waals surface area contributed by atoms with Gasteiger partial charge in [-0.2, -0.15) is 4.39 Å². The van der Waals surface area contributed by atoms with Crippen LogP contribution in [0.15, 0.2) is 18.0 Å². The third kappa shape index (κ3) is 2.51. The minimum absolute atomic E-state index is 0.0136. The van der Waals surface area contributed by atoms with Gasteiger partial charge in [-0.15, -0.1) is 0 Å². The zero-order valence-corrected chi connectivity index (χ0v) is 9.53. The van der Waals surface area contributed by atoms with E-state index < -0.39 is 17.6 Å². The molecule has 1 aromatic carbocycles. The van der Waals surface area contributed by atoms with Gasteiger partial charge in [-0.05, 0) is 19.1 Å². The Morgan fingerprint density at radius 1 is 1.31 bits per heavy atom. The van der Waals surface area contributed by atoms with E-state index in [-0.39, 0.29) is 21.2 Å². The molecule has 0 heterocycles. The molecule has 0 spiro atoms. The normalized spacial score (nSPS) is 12.3. The van der Waals surface area contributed by atoms with E-state index >= 15 is 0 Å². The maximum Gasteiger partial charge on any atom is 0.365 e. The van der Waals surface area contributed by atoms with Crippen molar-refractivity contribution in [2.24, 2.45) is 0 Å². The monoisotopic (exact) mass is 266 g/mol. The fraction of sp³-hybridized carbons (Fsp3) is 0.100. The Hall–Kier alpha value is -1.13. The van der Waals surface area contributed by atoms with Crippen LogP contribution in [0.5, 0.6) is 0 Å². The predicted octanol–water partition coefficient (Wildman–Crippen LogP) is 3.92. The van der Waals surface area contributed by atoms with Gasteiger partial charge in [0.2, 0.25) is 5.83 Å². The van der Waals surface area contributed by atoms with E-state index in [9.17, 15) is 13.6 Å². The molecule has 1 N–H and O–H groups in total. The quantitative estimate of drug-likeness (QED) is 0.651. The van der Waals surface area contributed by atoms with E-state index in [1.807, 2.05) is 0 Å². The SMILES string of the molecule is CC(=C(F)C(=O)O)c1cc(F)c(Cl)cc1Cl. The van der Waals surface area contributed by atoms with Crippen molar-refractivity contribution in [1.82, 2.24) is 0 Å². The summed E-state index contributed by atoms with van der Waals surface area (Å²) in [6, 6.07) is 1.98. The van der Waals surface area contributed by atoms with Crippen molar-refractivity contribution in [2.75, 3.05) is 0 Å². The van der Waals surface area contributed by atoms with Gasteiger partial charge in [0, 0.05) is 16.2 Å². The summed E-state index contributed by atoms with van der Waals surface area (Å²) in [5.74, 6) is -3.91. The lowest BCUT2D eigenvalue weighted by Gasteiger charge is -2.06. The summed E-state index contributed by atoms with van der Waals surface area (Å²) in [5, 5.41) is 8.21. The van der Waals surface area contributed by atoms with Crippen molar-refractivity contribution in [1.29, 1.82) is 0 Å². The van der Waals surface area contributed by atoms with Crippen LogP contribution in [0.1, 0.15) is 12.5 Å². The number of hydrogen-bond acceptors (Lipinski definition) is 1. The van der Waals surface area contributed by atoms with E-state index in [0.29, 0.717) is 0 Å². The van der Waals surface area contributed by atoms with E-state index in [2.05, 4.69) is 0 Å². The van der Waals surface area contributed by atoms with Gasteiger partial charge >= 0.3 is 5.97 Å². The third-order valence-electron chi connectivity index (χ3n) is 1.93. The molecule has 2 nitrogen and oxygen atoms in total. The van der Waals surface area contributed by atoms with Gasteiger partial charge in [-0.3, -0.25) is 0 Å². The second-order valence-corrected chi connectivity index (χ2v) is 3.80. The van der Waals surface area contributed by atoms with Crippen LogP contribution in [0, 0.1) is 5.82 Å². The summed E-state index contributed by atoms with van der Waals surface area (Å²) in [5.41, 5.74) is -0.295. The van der Waals surface area contributed by atoms with Crippen LogP contribution < -0.4 is 0 Å². The molecule has 0 saturated heterocycles. The third-order valence-corrected chi connectivity index (χ3v) is 2.53. The maximum absolute atomic E-state index is 13.1. The molecule has 0 fully saturated rings. The standard InChI is InChI=1S/C10H6Cl2F2O2/c1-4(9(14)10(15)16)5-2-8(13)7(12)3-6(5)11/h2-3H,1H3,(H,15,16). The molecule has 0 aliphatic heterocycles. The van der Waals surface area contributed by atoms with Gasteiger partial charge in [0.25, 0.3) is 0 Å². The minimum Gasteiger partial charge on any atom is -0.476 e. The second kappa shape index (κ2) is 4.80. The number of allylic oxidation sites excluding steroid dienone is 1. The Bertz CT molecular complexity index is 484. The molecule has 0 saturated carbocycles. The molecule has 0 atom stereocenters. The van der Waals surface area contributed by atoms with E-state index in [0.717, 1.165) is 12.1 Å². The van der Waals surface area contributed by atoms with Crippen LogP contribution in [-0.2, 0) is 4.79 Å². The zero-order chi connectivity index (χ0) is 12.5. The Labute approximate surface area is 100 Å². The summed E-state index contributed by atoms with van der Waals surface area (Å²) < 4.78 is 26.2.